The van der Waals surface area contributed by atoms with E-state index in [0.717, 1.165) is 36.5 Å². The summed E-state index contributed by atoms with van der Waals surface area (Å²) in [6, 6.07) is 5.25. The summed E-state index contributed by atoms with van der Waals surface area (Å²) < 4.78 is 5.85. The molecule has 1 aliphatic heterocycles. The van der Waals surface area contributed by atoms with E-state index in [4.69, 9.17) is 39.5 Å². The molecule has 2 heterocycles. The van der Waals surface area contributed by atoms with Crippen LogP contribution in [-0.2, 0) is 9.53 Å². The van der Waals surface area contributed by atoms with Gasteiger partial charge in [-0.3, -0.25) is 14.5 Å². The molecule has 1 aliphatic rings. The number of methoxy groups -OCH3 is 1. The van der Waals surface area contributed by atoms with Crippen LogP contribution in [0.4, 0.5) is 5.69 Å². The van der Waals surface area contributed by atoms with Crippen LogP contribution in [0.2, 0.25) is 15.1 Å². The van der Waals surface area contributed by atoms with Gasteiger partial charge in [-0.2, -0.15) is 9.78 Å². The van der Waals surface area contributed by atoms with Crippen molar-refractivity contribution in [2.24, 2.45) is 0 Å². The van der Waals surface area contributed by atoms with Crippen LogP contribution in [0.25, 0.3) is 5.69 Å². The summed E-state index contributed by atoms with van der Waals surface area (Å²) in [5.74, 6) is -0.245. The topological polar surface area (TPSA) is 67.7 Å². The van der Waals surface area contributed by atoms with E-state index in [2.05, 4.69) is 10.00 Å². The minimum atomic E-state index is -0.510. The molecule has 0 atom stereocenters. The molecule has 144 valence electrons. The van der Waals surface area contributed by atoms with Gasteiger partial charge >= 0.3 is 5.97 Å². The van der Waals surface area contributed by atoms with Crippen molar-refractivity contribution in [2.75, 3.05) is 44.7 Å². The molecule has 0 aliphatic carbocycles. The van der Waals surface area contributed by atoms with Gasteiger partial charge in [-0.25, -0.2) is 0 Å². The van der Waals surface area contributed by atoms with Crippen molar-refractivity contribution in [3.05, 3.63) is 49.8 Å². The third-order valence-corrected chi connectivity index (χ3v) is 5.40. The second kappa shape index (κ2) is 8.48. The number of hydrogen-bond acceptors (Lipinski definition) is 6. The van der Waals surface area contributed by atoms with Crippen LogP contribution in [-0.4, -0.2) is 60.5 Å². The summed E-state index contributed by atoms with van der Waals surface area (Å²) in [4.78, 5) is 27.8. The quantitative estimate of drug-likeness (QED) is 0.693. The van der Waals surface area contributed by atoms with Crippen LogP contribution < -0.4 is 10.5 Å². The van der Waals surface area contributed by atoms with E-state index in [0.29, 0.717) is 10.7 Å². The van der Waals surface area contributed by atoms with Gasteiger partial charge in [-0.05, 0) is 18.2 Å². The fourth-order valence-corrected chi connectivity index (χ4v) is 3.42. The highest BCUT2D eigenvalue weighted by atomic mass is 35.5. The number of anilines is 1. The average Bonchev–Trinajstić information content (AvgIpc) is 2.67. The highest BCUT2D eigenvalue weighted by molar-refractivity contribution is 6.41. The van der Waals surface area contributed by atoms with Crippen molar-refractivity contribution in [2.45, 2.75) is 0 Å². The molecule has 1 fully saturated rings. The lowest BCUT2D eigenvalue weighted by atomic mass is 10.2. The molecule has 10 heteroatoms. The van der Waals surface area contributed by atoms with Gasteiger partial charge in [0.2, 0.25) is 0 Å². The highest BCUT2D eigenvalue weighted by Gasteiger charge is 2.21. The molecule has 0 unspecified atom stereocenters. The van der Waals surface area contributed by atoms with Crippen molar-refractivity contribution in [1.29, 1.82) is 0 Å². The maximum absolute atomic E-state index is 12.2. The van der Waals surface area contributed by atoms with E-state index >= 15 is 0 Å². The second-order valence-electron chi connectivity index (χ2n) is 6.00. The van der Waals surface area contributed by atoms with Crippen LogP contribution in [0.5, 0.6) is 0 Å². The summed E-state index contributed by atoms with van der Waals surface area (Å²) in [6.45, 7) is 3.17. The third kappa shape index (κ3) is 4.38. The zero-order valence-corrected chi connectivity index (χ0v) is 16.8. The molecule has 1 aromatic heterocycles. The van der Waals surface area contributed by atoms with E-state index in [-0.39, 0.29) is 22.6 Å². The number of rotatable bonds is 4. The highest BCUT2D eigenvalue weighted by Crippen LogP contribution is 2.29. The Morgan fingerprint density at radius 1 is 1.15 bits per heavy atom. The molecule has 0 amide bonds. The molecule has 0 N–H and O–H groups in total. The zero-order chi connectivity index (χ0) is 19.6. The third-order valence-electron chi connectivity index (χ3n) is 4.35. The van der Waals surface area contributed by atoms with Crippen LogP contribution in [0, 0.1) is 0 Å². The summed E-state index contributed by atoms with van der Waals surface area (Å²) in [5, 5.41) is 4.51. The fraction of sp³-hybridized carbons (Fsp3) is 0.353. The molecule has 7 nitrogen and oxygen atoms in total. The number of benzene rings is 1. The van der Waals surface area contributed by atoms with Crippen molar-refractivity contribution in [1.82, 2.24) is 14.7 Å². The molecule has 3 rings (SSSR count). The van der Waals surface area contributed by atoms with E-state index in [1.54, 1.807) is 12.1 Å². The SMILES string of the molecule is COC(=O)CN1CCN(c2ccc(-n3ncc(Cl)c(Cl)c3=O)cc2Cl)CC1. The summed E-state index contributed by atoms with van der Waals surface area (Å²) in [5.41, 5.74) is 0.840. The van der Waals surface area contributed by atoms with Gasteiger partial charge in [0.15, 0.2) is 0 Å². The molecule has 0 bridgehead atoms. The van der Waals surface area contributed by atoms with Gasteiger partial charge in [0.05, 0.1) is 41.3 Å². The molecule has 1 saturated heterocycles. The van der Waals surface area contributed by atoms with Crippen molar-refractivity contribution in [3.63, 3.8) is 0 Å². The molecule has 0 radical (unpaired) electrons. The molecular weight excluding hydrogens is 415 g/mol. The number of hydrogen-bond donors (Lipinski definition) is 0. The van der Waals surface area contributed by atoms with Crippen molar-refractivity contribution >= 4 is 46.5 Å². The predicted molar refractivity (Wildman–Crippen MR) is 106 cm³/mol. The summed E-state index contributed by atoms with van der Waals surface area (Å²) in [7, 11) is 1.38. The van der Waals surface area contributed by atoms with E-state index in [1.807, 2.05) is 11.0 Å². The standard InChI is InChI=1S/C17H17Cl3N4O3/c1-27-15(25)10-22-4-6-23(7-5-22)14-3-2-11(8-12(14)18)24-17(26)16(20)13(19)9-21-24/h2-3,8-9H,4-7,10H2,1H3. The molecule has 2 aromatic rings. The first kappa shape index (κ1) is 19.9. The van der Waals surface area contributed by atoms with E-state index in [9.17, 15) is 9.59 Å². The number of carbonyl (C=O) groups excluding carboxylic acids is 1. The first-order chi connectivity index (χ1) is 12.9. The normalized spacial score (nSPS) is 15.0. The van der Waals surface area contributed by atoms with Crippen LogP contribution in [0.1, 0.15) is 0 Å². The smallest absolute Gasteiger partial charge is 0.319 e. The Balaban J connectivity index is 1.76. The Labute approximate surface area is 171 Å². The van der Waals surface area contributed by atoms with Gasteiger partial charge in [0.25, 0.3) is 5.56 Å². The lowest BCUT2D eigenvalue weighted by Gasteiger charge is -2.36. The maximum Gasteiger partial charge on any atom is 0.319 e. The number of halogens is 3. The predicted octanol–water partition coefficient (Wildman–Crippen LogP) is 2.49. The molecular formula is C17H17Cl3N4O3. The van der Waals surface area contributed by atoms with Gasteiger partial charge in [0.1, 0.15) is 5.02 Å². The average molecular weight is 432 g/mol. The van der Waals surface area contributed by atoms with Crippen molar-refractivity contribution in [3.8, 4) is 5.69 Å². The number of piperazine rings is 1. The van der Waals surface area contributed by atoms with Gasteiger partial charge < -0.3 is 9.64 Å². The van der Waals surface area contributed by atoms with Crippen LogP contribution >= 0.6 is 34.8 Å². The minimum Gasteiger partial charge on any atom is -0.468 e. The number of ether oxygens (including phenoxy) is 1. The monoisotopic (exact) mass is 430 g/mol. The maximum atomic E-state index is 12.2. The lowest BCUT2D eigenvalue weighted by Crippen LogP contribution is -2.48. The second-order valence-corrected chi connectivity index (χ2v) is 7.19. The largest absolute Gasteiger partial charge is 0.468 e. The Bertz CT molecular complexity index is 911. The fourth-order valence-electron chi connectivity index (χ4n) is 2.87. The Hall–Kier alpha value is -1.80. The number of esters is 1. The number of nitrogens with zero attached hydrogens (tertiary/aromatic N) is 4. The van der Waals surface area contributed by atoms with E-state index < -0.39 is 5.56 Å². The van der Waals surface area contributed by atoms with Crippen molar-refractivity contribution < 1.29 is 9.53 Å². The van der Waals surface area contributed by atoms with Crippen LogP contribution in [0.3, 0.4) is 0 Å². The number of aromatic nitrogens is 2. The molecule has 1 aromatic carbocycles. The lowest BCUT2D eigenvalue weighted by molar-refractivity contribution is -0.142. The Kier molecular flexibility index (Phi) is 6.26. The van der Waals surface area contributed by atoms with Gasteiger partial charge in [-0.1, -0.05) is 34.8 Å². The summed E-state index contributed by atoms with van der Waals surface area (Å²) in [6.07, 6.45) is 1.31. The van der Waals surface area contributed by atoms with Crippen LogP contribution in [0.15, 0.2) is 29.2 Å². The molecule has 27 heavy (non-hydrogen) atoms. The first-order valence-electron chi connectivity index (χ1n) is 8.18. The zero-order valence-electron chi connectivity index (χ0n) is 14.5. The number of carbonyl (C=O) groups is 1. The summed E-state index contributed by atoms with van der Waals surface area (Å²) >= 11 is 18.2. The molecule has 0 saturated carbocycles. The molecule has 0 spiro atoms. The van der Waals surface area contributed by atoms with Gasteiger partial charge in [-0.15, -0.1) is 0 Å². The minimum absolute atomic E-state index is 0.0893. The Morgan fingerprint density at radius 3 is 2.48 bits per heavy atom. The van der Waals surface area contributed by atoms with Gasteiger partial charge in [0, 0.05) is 26.2 Å². The Morgan fingerprint density at radius 2 is 1.85 bits per heavy atom. The first-order valence-corrected chi connectivity index (χ1v) is 9.31. The van der Waals surface area contributed by atoms with E-state index in [1.165, 1.54) is 13.3 Å².